The third kappa shape index (κ3) is 7.51. The molecule has 0 saturated heterocycles. The van der Waals surface area contributed by atoms with Gasteiger partial charge >= 0.3 is 12.1 Å². The van der Waals surface area contributed by atoms with Gasteiger partial charge in [-0.2, -0.15) is 0 Å². The summed E-state index contributed by atoms with van der Waals surface area (Å²) in [6.45, 7) is 3.57. The smallest absolute Gasteiger partial charge is 0.407 e. The molecule has 0 fully saturated rings. The van der Waals surface area contributed by atoms with Gasteiger partial charge in [0.1, 0.15) is 12.6 Å². The van der Waals surface area contributed by atoms with Gasteiger partial charge in [0.05, 0.1) is 13.0 Å². The minimum Gasteiger partial charge on any atom is -0.481 e. The maximum Gasteiger partial charge on any atom is 0.407 e. The molecular formula is C32H35N3O6. The maximum absolute atomic E-state index is 13.0. The largest absolute Gasteiger partial charge is 0.481 e. The van der Waals surface area contributed by atoms with E-state index in [1.807, 2.05) is 66.7 Å². The first-order chi connectivity index (χ1) is 19.7. The first-order valence-electron chi connectivity index (χ1n) is 13.7. The number of alkyl carbamates (subject to hydrolysis) is 1. The summed E-state index contributed by atoms with van der Waals surface area (Å²) in [7, 11) is 0. The molecular weight excluding hydrogens is 522 g/mol. The van der Waals surface area contributed by atoms with Gasteiger partial charge in [-0.15, -0.1) is 0 Å². The van der Waals surface area contributed by atoms with Crippen LogP contribution in [0.2, 0.25) is 0 Å². The van der Waals surface area contributed by atoms with Gasteiger partial charge in [-0.05, 0) is 33.7 Å². The zero-order valence-corrected chi connectivity index (χ0v) is 23.2. The van der Waals surface area contributed by atoms with Crippen LogP contribution < -0.4 is 10.6 Å². The van der Waals surface area contributed by atoms with Gasteiger partial charge in [0.25, 0.3) is 0 Å². The van der Waals surface area contributed by atoms with Crippen LogP contribution in [0.4, 0.5) is 4.79 Å². The van der Waals surface area contributed by atoms with E-state index in [0.717, 1.165) is 27.8 Å². The standard InChI is InChI=1S/C32H35N3O6/c1-21(2)30(31(39)33-18-28(36)35(17-16-29(37)38)19-22-10-4-3-5-11-22)34-32(40)41-20-27-25-14-8-6-12-23(25)24-13-7-9-15-26(24)27/h3-15,21,27,30H,16-20H2,1-2H3,(H,33,39)(H,34,40)(H,37,38)/t30-/m0/s1. The SMILES string of the molecule is CC(C)[C@H](NC(=O)OCC1c2ccccc2-c2ccccc21)C(=O)NCC(=O)N(CCC(=O)O)Cc1ccccc1. The number of hydrogen-bond acceptors (Lipinski definition) is 5. The fraction of sp³-hybridized carbons (Fsp3) is 0.312. The number of carbonyl (C=O) groups excluding carboxylic acids is 3. The zero-order valence-electron chi connectivity index (χ0n) is 23.2. The summed E-state index contributed by atoms with van der Waals surface area (Å²) < 4.78 is 5.59. The highest BCUT2D eigenvalue weighted by molar-refractivity contribution is 5.90. The van der Waals surface area contributed by atoms with Crippen molar-refractivity contribution >= 4 is 23.9 Å². The minimum atomic E-state index is -1.02. The van der Waals surface area contributed by atoms with Gasteiger partial charge < -0.3 is 25.4 Å². The Hall–Kier alpha value is -4.66. The van der Waals surface area contributed by atoms with Crippen molar-refractivity contribution in [3.05, 3.63) is 95.6 Å². The number of carboxylic acid groups (broad SMARTS) is 1. The van der Waals surface area contributed by atoms with Crippen LogP contribution >= 0.6 is 0 Å². The lowest BCUT2D eigenvalue weighted by molar-refractivity contribution is -0.139. The molecule has 1 aliphatic rings. The van der Waals surface area contributed by atoms with E-state index in [2.05, 4.69) is 22.8 Å². The number of rotatable bonds is 12. The number of benzene rings is 3. The minimum absolute atomic E-state index is 0.00450. The summed E-state index contributed by atoms with van der Waals surface area (Å²) in [6, 6.07) is 24.3. The first-order valence-corrected chi connectivity index (χ1v) is 13.7. The van der Waals surface area contributed by atoms with Crippen LogP contribution in [-0.4, -0.2) is 59.6 Å². The van der Waals surface area contributed by atoms with Gasteiger partial charge in [0.15, 0.2) is 0 Å². The Bertz CT molecular complexity index is 1350. The number of hydrogen-bond donors (Lipinski definition) is 3. The Morgan fingerprint density at radius 2 is 1.46 bits per heavy atom. The van der Waals surface area contributed by atoms with Gasteiger partial charge in [0, 0.05) is 19.0 Å². The third-order valence-corrected chi connectivity index (χ3v) is 7.14. The number of nitrogens with zero attached hydrogens (tertiary/aromatic N) is 1. The molecule has 0 heterocycles. The lowest BCUT2D eigenvalue weighted by Crippen LogP contribution is -2.52. The Morgan fingerprint density at radius 3 is 2.05 bits per heavy atom. The number of carbonyl (C=O) groups is 4. The molecule has 0 radical (unpaired) electrons. The number of aliphatic carboxylic acids is 1. The van der Waals surface area contributed by atoms with Gasteiger partial charge in [0.2, 0.25) is 11.8 Å². The van der Waals surface area contributed by atoms with Crippen molar-refractivity contribution in [1.82, 2.24) is 15.5 Å². The number of fused-ring (bicyclic) bond motifs is 3. The number of ether oxygens (including phenoxy) is 1. The molecule has 0 spiro atoms. The van der Waals surface area contributed by atoms with E-state index in [9.17, 15) is 19.2 Å². The molecule has 41 heavy (non-hydrogen) atoms. The number of amides is 3. The van der Waals surface area contributed by atoms with Crippen LogP contribution in [0.15, 0.2) is 78.9 Å². The van der Waals surface area contributed by atoms with E-state index in [4.69, 9.17) is 9.84 Å². The molecule has 0 unspecified atom stereocenters. The van der Waals surface area contributed by atoms with E-state index >= 15 is 0 Å². The van der Waals surface area contributed by atoms with Crippen LogP contribution in [0.3, 0.4) is 0 Å². The Labute approximate surface area is 239 Å². The van der Waals surface area contributed by atoms with Gasteiger partial charge in [-0.25, -0.2) is 4.79 Å². The zero-order chi connectivity index (χ0) is 29.4. The van der Waals surface area contributed by atoms with Crippen molar-refractivity contribution in [2.45, 2.75) is 38.8 Å². The monoisotopic (exact) mass is 557 g/mol. The summed E-state index contributed by atoms with van der Waals surface area (Å²) in [5.41, 5.74) is 5.24. The molecule has 0 bridgehead atoms. The van der Waals surface area contributed by atoms with Gasteiger partial charge in [-0.1, -0.05) is 92.7 Å². The van der Waals surface area contributed by atoms with Crippen LogP contribution in [-0.2, 0) is 25.7 Å². The van der Waals surface area contributed by atoms with Crippen LogP contribution in [0.1, 0.15) is 42.9 Å². The second kappa shape index (κ2) is 13.6. The molecule has 1 aliphatic carbocycles. The average molecular weight is 558 g/mol. The topological polar surface area (TPSA) is 125 Å². The van der Waals surface area contributed by atoms with E-state index in [-0.39, 0.29) is 44.5 Å². The summed E-state index contributed by atoms with van der Waals surface area (Å²) in [5.74, 6) is -2.37. The number of carboxylic acids is 1. The quantitative estimate of drug-likeness (QED) is 0.307. The van der Waals surface area contributed by atoms with E-state index in [1.165, 1.54) is 4.90 Å². The summed E-state index contributed by atoms with van der Waals surface area (Å²) in [6.07, 6.45) is -0.941. The summed E-state index contributed by atoms with van der Waals surface area (Å²) in [4.78, 5) is 51.3. The average Bonchev–Trinajstić information content (AvgIpc) is 3.29. The fourth-order valence-electron chi connectivity index (χ4n) is 5.01. The van der Waals surface area contributed by atoms with Crippen molar-refractivity contribution in [2.24, 2.45) is 5.92 Å². The first kappa shape index (κ1) is 29.3. The molecule has 214 valence electrons. The van der Waals surface area contributed by atoms with E-state index in [1.54, 1.807) is 13.8 Å². The normalized spacial score (nSPS) is 12.7. The fourth-order valence-corrected chi connectivity index (χ4v) is 5.01. The highest BCUT2D eigenvalue weighted by Crippen LogP contribution is 2.44. The molecule has 3 aromatic carbocycles. The van der Waals surface area contributed by atoms with Crippen molar-refractivity contribution in [1.29, 1.82) is 0 Å². The molecule has 3 amide bonds. The third-order valence-electron chi connectivity index (χ3n) is 7.14. The van der Waals surface area contributed by atoms with Crippen LogP contribution in [0.25, 0.3) is 11.1 Å². The van der Waals surface area contributed by atoms with Crippen molar-refractivity contribution in [3.63, 3.8) is 0 Å². The lowest BCUT2D eigenvalue weighted by Gasteiger charge is -2.25. The van der Waals surface area contributed by atoms with Crippen molar-refractivity contribution in [2.75, 3.05) is 19.7 Å². The molecule has 9 heteroatoms. The predicted molar refractivity (Wildman–Crippen MR) is 154 cm³/mol. The Morgan fingerprint density at radius 1 is 0.878 bits per heavy atom. The second-order valence-electron chi connectivity index (χ2n) is 10.4. The Kier molecular flexibility index (Phi) is 9.73. The van der Waals surface area contributed by atoms with Crippen molar-refractivity contribution < 1.29 is 29.0 Å². The molecule has 0 saturated carbocycles. The van der Waals surface area contributed by atoms with E-state index < -0.39 is 29.9 Å². The molecule has 4 rings (SSSR count). The predicted octanol–water partition coefficient (Wildman–Crippen LogP) is 4.17. The molecule has 0 aliphatic heterocycles. The number of nitrogens with one attached hydrogen (secondary N) is 2. The van der Waals surface area contributed by atoms with E-state index in [0.29, 0.717) is 0 Å². The van der Waals surface area contributed by atoms with Crippen LogP contribution in [0.5, 0.6) is 0 Å². The molecule has 9 nitrogen and oxygen atoms in total. The lowest BCUT2D eigenvalue weighted by atomic mass is 9.98. The highest BCUT2D eigenvalue weighted by Gasteiger charge is 2.30. The molecule has 0 aromatic heterocycles. The highest BCUT2D eigenvalue weighted by atomic mass is 16.5. The molecule has 3 N–H and O–H groups in total. The summed E-state index contributed by atoms with van der Waals surface area (Å²) >= 11 is 0. The summed E-state index contributed by atoms with van der Waals surface area (Å²) in [5, 5.41) is 14.3. The Balaban J connectivity index is 1.33. The van der Waals surface area contributed by atoms with Crippen molar-refractivity contribution in [3.8, 4) is 11.1 Å². The van der Waals surface area contributed by atoms with Gasteiger partial charge in [-0.3, -0.25) is 14.4 Å². The molecule has 1 atom stereocenters. The maximum atomic E-state index is 13.0. The second-order valence-corrected chi connectivity index (χ2v) is 10.4. The van der Waals surface area contributed by atoms with Crippen LogP contribution in [0, 0.1) is 5.92 Å². The molecule has 3 aromatic rings.